The molecule has 0 amide bonds. The van der Waals surface area contributed by atoms with Crippen LogP contribution in [-0.2, 0) is 6.54 Å². The highest BCUT2D eigenvalue weighted by atomic mass is 32.2. The van der Waals surface area contributed by atoms with Crippen molar-refractivity contribution in [1.82, 2.24) is 9.55 Å². The van der Waals surface area contributed by atoms with Gasteiger partial charge in [-0.1, -0.05) is 12.1 Å². The molecule has 0 aliphatic carbocycles. The summed E-state index contributed by atoms with van der Waals surface area (Å²) < 4.78 is 43.0. The van der Waals surface area contributed by atoms with Crippen LogP contribution in [0.3, 0.4) is 0 Å². The molecule has 0 radical (unpaired) electrons. The fraction of sp³-hybridized carbons (Fsp3) is 0.167. The maximum absolute atomic E-state index is 14.0. The first-order valence-corrected chi connectivity index (χ1v) is 8.50. The van der Waals surface area contributed by atoms with Crippen LogP contribution in [0.1, 0.15) is 11.7 Å². The second kappa shape index (κ2) is 6.24. The van der Waals surface area contributed by atoms with E-state index in [0.29, 0.717) is 24.2 Å². The van der Waals surface area contributed by atoms with Gasteiger partial charge in [-0.05, 0) is 17.2 Å². The molecule has 0 fully saturated rings. The normalized spacial score (nSPS) is 19.2. The van der Waals surface area contributed by atoms with E-state index in [1.807, 2.05) is 10.8 Å². The summed E-state index contributed by atoms with van der Waals surface area (Å²) in [5.41, 5.74) is 0.774. The van der Waals surface area contributed by atoms with Crippen LogP contribution in [0.15, 0.2) is 53.9 Å². The van der Waals surface area contributed by atoms with Gasteiger partial charge in [0.1, 0.15) is 17.5 Å². The summed E-state index contributed by atoms with van der Waals surface area (Å²) in [5, 5.41) is 10.4. The lowest BCUT2D eigenvalue weighted by atomic mass is 10.00. The second-order valence-corrected chi connectivity index (χ2v) is 7.14. The number of aromatic nitrogens is 2. The minimum atomic E-state index is -0.954. The van der Waals surface area contributed by atoms with Gasteiger partial charge in [0.25, 0.3) is 0 Å². The number of thioether (sulfide) groups is 1. The van der Waals surface area contributed by atoms with Crippen LogP contribution < -0.4 is 0 Å². The summed E-state index contributed by atoms with van der Waals surface area (Å²) in [5.74, 6) is -2.85. The Morgan fingerprint density at radius 1 is 1.12 bits per heavy atom. The van der Waals surface area contributed by atoms with Gasteiger partial charge >= 0.3 is 0 Å². The summed E-state index contributed by atoms with van der Waals surface area (Å²) in [7, 11) is 0. The Bertz CT molecular complexity index is 907. The lowest BCUT2D eigenvalue weighted by Crippen LogP contribution is -2.16. The maximum Gasteiger partial charge on any atom is 0.136 e. The maximum atomic E-state index is 14.0. The number of nitrogens with zero attached hydrogens (tertiary/aromatic N) is 2. The van der Waals surface area contributed by atoms with Crippen LogP contribution in [0.2, 0.25) is 0 Å². The Labute approximate surface area is 146 Å². The fourth-order valence-corrected chi connectivity index (χ4v) is 4.39. The molecule has 25 heavy (non-hydrogen) atoms. The molecular weight excluding hydrogens is 349 g/mol. The second-order valence-electron chi connectivity index (χ2n) is 5.86. The summed E-state index contributed by atoms with van der Waals surface area (Å²) in [6.07, 6.45) is 4.46. The zero-order valence-corrected chi connectivity index (χ0v) is 13.7. The first-order chi connectivity index (χ1) is 12.0. The molecule has 0 saturated heterocycles. The van der Waals surface area contributed by atoms with Gasteiger partial charge in [-0.2, -0.15) is 0 Å². The van der Waals surface area contributed by atoms with Gasteiger partial charge in [0.15, 0.2) is 0 Å². The van der Waals surface area contributed by atoms with Gasteiger partial charge in [0.2, 0.25) is 0 Å². The van der Waals surface area contributed by atoms with Crippen molar-refractivity contribution >= 4 is 11.8 Å². The average Bonchev–Trinajstić information content (AvgIpc) is 3.16. The highest BCUT2D eigenvalue weighted by Crippen LogP contribution is 2.46. The van der Waals surface area contributed by atoms with Crippen LogP contribution in [0.5, 0.6) is 0 Å². The predicted molar refractivity (Wildman–Crippen MR) is 88.6 cm³/mol. The SMILES string of the molecule is OC1c2ccc(-c3c(F)cc(F)cc3F)cc2SC1Cn1ccnc1. The van der Waals surface area contributed by atoms with E-state index in [9.17, 15) is 18.3 Å². The molecule has 2 aromatic carbocycles. The smallest absolute Gasteiger partial charge is 0.136 e. The first kappa shape index (κ1) is 16.2. The van der Waals surface area contributed by atoms with Gasteiger partial charge in [0.05, 0.1) is 23.2 Å². The highest BCUT2D eigenvalue weighted by Gasteiger charge is 2.32. The van der Waals surface area contributed by atoms with Crippen LogP contribution in [0.25, 0.3) is 11.1 Å². The van der Waals surface area contributed by atoms with Gasteiger partial charge < -0.3 is 9.67 Å². The average molecular weight is 362 g/mol. The lowest BCUT2D eigenvalue weighted by Gasteiger charge is -2.14. The number of rotatable bonds is 3. The van der Waals surface area contributed by atoms with E-state index in [0.717, 1.165) is 10.5 Å². The highest BCUT2D eigenvalue weighted by molar-refractivity contribution is 8.00. The molecule has 1 aliphatic heterocycles. The van der Waals surface area contributed by atoms with Crippen LogP contribution in [-0.4, -0.2) is 19.9 Å². The zero-order chi connectivity index (χ0) is 17.6. The Morgan fingerprint density at radius 2 is 1.88 bits per heavy atom. The van der Waals surface area contributed by atoms with Crippen molar-refractivity contribution in [2.45, 2.75) is 22.8 Å². The number of halogens is 3. The van der Waals surface area contributed by atoms with Crippen molar-refractivity contribution in [2.24, 2.45) is 0 Å². The van der Waals surface area contributed by atoms with Crippen molar-refractivity contribution in [3.63, 3.8) is 0 Å². The lowest BCUT2D eigenvalue weighted by molar-refractivity contribution is 0.170. The van der Waals surface area contributed by atoms with Crippen molar-refractivity contribution in [2.75, 3.05) is 0 Å². The van der Waals surface area contributed by atoms with E-state index in [2.05, 4.69) is 4.98 Å². The quantitative estimate of drug-likeness (QED) is 0.760. The molecular formula is C18H13F3N2OS. The number of imidazole rings is 1. The van der Waals surface area contributed by atoms with Gasteiger partial charge in [-0.15, -0.1) is 11.8 Å². The summed E-state index contributed by atoms with van der Waals surface area (Å²) in [4.78, 5) is 4.74. The van der Waals surface area contributed by atoms with Crippen LogP contribution >= 0.6 is 11.8 Å². The Balaban J connectivity index is 1.67. The molecule has 4 rings (SSSR count). The third kappa shape index (κ3) is 2.94. The number of aliphatic hydroxyl groups is 1. The summed E-state index contributed by atoms with van der Waals surface area (Å²) >= 11 is 1.45. The summed E-state index contributed by atoms with van der Waals surface area (Å²) in [6, 6.07) is 6.17. The van der Waals surface area contributed by atoms with Crippen molar-refractivity contribution in [3.05, 3.63) is 72.1 Å². The van der Waals surface area contributed by atoms with Crippen LogP contribution in [0, 0.1) is 17.5 Å². The molecule has 0 saturated carbocycles. The molecule has 0 bridgehead atoms. The van der Waals surface area contributed by atoms with Gasteiger partial charge in [0, 0.05) is 36.0 Å². The van der Waals surface area contributed by atoms with E-state index >= 15 is 0 Å². The topological polar surface area (TPSA) is 38.0 Å². The van der Waals surface area contributed by atoms with Crippen molar-refractivity contribution < 1.29 is 18.3 Å². The van der Waals surface area contributed by atoms with Crippen molar-refractivity contribution in [3.8, 4) is 11.1 Å². The Hall–Kier alpha value is -2.25. The van der Waals surface area contributed by atoms with Gasteiger partial charge in [-0.3, -0.25) is 0 Å². The first-order valence-electron chi connectivity index (χ1n) is 7.62. The molecule has 2 heterocycles. The fourth-order valence-electron chi connectivity index (χ4n) is 3.02. The minimum Gasteiger partial charge on any atom is -0.387 e. The molecule has 1 aliphatic rings. The monoisotopic (exact) mass is 362 g/mol. The predicted octanol–water partition coefficient (Wildman–Crippen LogP) is 4.18. The third-order valence-electron chi connectivity index (χ3n) is 4.21. The standard InChI is InChI=1S/C18H13F3N2OS/c19-11-6-13(20)17(14(21)7-11)10-1-2-12-15(5-10)25-16(18(12)24)8-23-4-3-22-9-23/h1-7,9,16,18,24H,8H2. The number of hydrogen-bond acceptors (Lipinski definition) is 3. The Morgan fingerprint density at radius 3 is 2.56 bits per heavy atom. The third-order valence-corrected chi connectivity index (χ3v) is 5.53. The molecule has 1 aromatic heterocycles. The number of aliphatic hydroxyl groups excluding tert-OH is 1. The number of benzene rings is 2. The molecule has 1 N–H and O–H groups in total. The molecule has 3 aromatic rings. The summed E-state index contributed by atoms with van der Waals surface area (Å²) in [6.45, 7) is 0.565. The minimum absolute atomic E-state index is 0.123. The van der Waals surface area contributed by atoms with E-state index < -0.39 is 23.6 Å². The molecule has 0 spiro atoms. The largest absolute Gasteiger partial charge is 0.387 e. The Kier molecular flexibility index (Phi) is 4.05. The number of fused-ring (bicyclic) bond motifs is 1. The molecule has 128 valence electrons. The van der Waals surface area contributed by atoms with Crippen LogP contribution in [0.4, 0.5) is 13.2 Å². The van der Waals surface area contributed by atoms with Gasteiger partial charge in [-0.25, -0.2) is 18.2 Å². The van der Waals surface area contributed by atoms with Crippen molar-refractivity contribution in [1.29, 1.82) is 0 Å². The van der Waals surface area contributed by atoms with E-state index in [1.165, 1.54) is 11.8 Å². The zero-order valence-electron chi connectivity index (χ0n) is 12.9. The van der Waals surface area contributed by atoms with E-state index in [-0.39, 0.29) is 10.8 Å². The molecule has 2 atom stereocenters. The van der Waals surface area contributed by atoms with E-state index in [4.69, 9.17) is 0 Å². The molecule has 7 heteroatoms. The van der Waals surface area contributed by atoms with E-state index in [1.54, 1.807) is 30.7 Å². The molecule has 2 unspecified atom stereocenters. The molecule has 3 nitrogen and oxygen atoms in total. The number of hydrogen-bond donors (Lipinski definition) is 1.